The molecule has 6 rings (SSSR count). The number of anilines is 2. The molecule has 204 valence electrons. The Hall–Kier alpha value is -1.99. The van der Waals surface area contributed by atoms with Crippen LogP contribution < -0.4 is 10.2 Å². The number of piperidine rings is 1. The van der Waals surface area contributed by atoms with Crippen LogP contribution in [-0.2, 0) is 16.2 Å². The Kier molecular flexibility index (Phi) is 5.17. The highest BCUT2D eigenvalue weighted by Crippen LogP contribution is 3.02. The third kappa shape index (κ3) is 4.50. The van der Waals surface area contributed by atoms with Crippen molar-refractivity contribution in [1.29, 1.82) is 0 Å². The molecule has 1 aromatic carbocycles. The van der Waals surface area contributed by atoms with Crippen molar-refractivity contribution in [2.75, 3.05) is 35.7 Å². The van der Waals surface area contributed by atoms with Crippen LogP contribution in [0.3, 0.4) is 0 Å². The van der Waals surface area contributed by atoms with Gasteiger partial charge in [0.2, 0.25) is 5.95 Å². The Morgan fingerprint density at radius 1 is 1.03 bits per heavy atom. The maximum absolute atomic E-state index is 13.1. The number of halogens is 5. The predicted molar refractivity (Wildman–Crippen MR) is 134 cm³/mol. The van der Waals surface area contributed by atoms with Crippen molar-refractivity contribution >= 4 is 32.8 Å². The van der Waals surface area contributed by atoms with Gasteiger partial charge in [-0.3, -0.25) is 4.21 Å². The molecule has 2 aliphatic carbocycles. The maximum atomic E-state index is 13.1. The van der Waals surface area contributed by atoms with E-state index in [1.54, 1.807) is 0 Å². The van der Waals surface area contributed by atoms with Gasteiger partial charge in [0.25, 0.3) is 0 Å². The molecule has 1 aromatic heterocycles. The minimum atomic E-state index is -9.69. The number of benzene rings is 1. The molecular weight excluding hydrogens is 535 g/mol. The average Bonchev–Trinajstić information content (AvgIpc) is 3.53. The van der Waals surface area contributed by atoms with Gasteiger partial charge < -0.3 is 15.3 Å². The van der Waals surface area contributed by atoms with Gasteiger partial charge in [-0.15, -0.1) is 0 Å². The molecule has 4 aliphatic rings. The van der Waals surface area contributed by atoms with Crippen LogP contribution in [0.2, 0.25) is 0 Å². The fraction of sp³-hybridized carbons (Fsp3) is 0.583. The van der Waals surface area contributed by atoms with Crippen LogP contribution in [0.25, 0.3) is 0 Å². The number of hydrogen-bond donors (Lipinski definition) is 2. The van der Waals surface area contributed by atoms with E-state index in [1.165, 1.54) is 0 Å². The molecule has 6 nitrogen and oxygen atoms in total. The third-order valence-corrected chi connectivity index (χ3v) is 11.2. The van der Waals surface area contributed by atoms with Gasteiger partial charge in [0, 0.05) is 24.3 Å². The molecule has 0 amide bonds. The maximum Gasteiger partial charge on any atom is 0.310 e. The molecule has 2 aromatic rings. The smallest absolute Gasteiger partial charge is 0.310 e. The number of nitrogens with zero attached hydrogens (tertiary/aromatic N) is 3. The predicted octanol–water partition coefficient (Wildman–Crippen LogP) is 6.00. The van der Waals surface area contributed by atoms with Gasteiger partial charge >= 0.3 is 10.2 Å². The Bertz CT molecular complexity index is 1270. The van der Waals surface area contributed by atoms with E-state index in [4.69, 9.17) is 9.97 Å². The van der Waals surface area contributed by atoms with Crippen molar-refractivity contribution in [3.8, 4) is 0 Å². The first kappa shape index (κ1) is 25.3. The summed E-state index contributed by atoms with van der Waals surface area (Å²) in [6.07, 6.45) is 5.70. The van der Waals surface area contributed by atoms with Gasteiger partial charge in [0.05, 0.1) is 28.6 Å². The zero-order valence-corrected chi connectivity index (χ0v) is 21.7. The number of aromatic nitrogens is 2. The fourth-order valence-corrected chi connectivity index (χ4v) is 8.26. The van der Waals surface area contributed by atoms with Crippen LogP contribution in [0, 0.1) is 0 Å². The standard InChI is InChI=1S/C24H29F5N4O2S2/c25-37(26,27,28,29)18-4-2-16(3-5-18)17-6-12-33(13-7-17)22-30-20-19(36(35)15-23(20)10-11-23)21(31-22)32-24(14-34)8-1-9-24/h2-5,17,34H,1,6-15H2,(H,30,31,32). The van der Waals surface area contributed by atoms with Crippen molar-refractivity contribution in [2.45, 2.75) is 71.6 Å². The first-order valence-corrected chi connectivity index (χ1v) is 15.8. The number of rotatable bonds is 6. The summed E-state index contributed by atoms with van der Waals surface area (Å²) in [6.45, 7) is 1.06. The van der Waals surface area contributed by atoms with Crippen LogP contribution in [0.15, 0.2) is 34.1 Å². The SMILES string of the molecule is O=S1CC2(CC2)c2nc(N3CCC(c4ccc(S(F)(F)(F)(F)F)cc4)CC3)nc(NC3(CO)CCC3)c21. The van der Waals surface area contributed by atoms with E-state index >= 15 is 0 Å². The van der Waals surface area contributed by atoms with Gasteiger partial charge in [-0.25, -0.2) is 4.98 Å². The lowest BCUT2D eigenvalue weighted by molar-refractivity contribution is 0.143. The van der Waals surface area contributed by atoms with E-state index in [2.05, 4.69) is 5.32 Å². The molecule has 2 N–H and O–H groups in total. The van der Waals surface area contributed by atoms with Gasteiger partial charge in [-0.2, -0.15) is 4.98 Å². The summed E-state index contributed by atoms with van der Waals surface area (Å²) in [4.78, 5) is 10.4. The van der Waals surface area contributed by atoms with E-state index in [-0.39, 0.29) is 17.9 Å². The summed E-state index contributed by atoms with van der Waals surface area (Å²) in [5.41, 5.74) is 0.810. The fourth-order valence-electron chi connectivity index (χ4n) is 5.75. The van der Waals surface area contributed by atoms with E-state index in [0.29, 0.717) is 66.0 Å². The van der Waals surface area contributed by atoms with Gasteiger partial charge in [0.15, 0.2) is 0 Å². The highest BCUT2D eigenvalue weighted by atomic mass is 32.5. The quantitative estimate of drug-likeness (QED) is 0.420. The Labute approximate surface area is 214 Å². The van der Waals surface area contributed by atoms with E-state index in [1.807, 2.05) is 4.90 Å². The lowest BCUT2D eigenvalue weighted by atomic mass is 9.77. The van der Waals surface area contributed by atoms with Crippen LogP contribution in [0.5, 0.6) is 0 Å². The van der Waals surface area contributed by atoms with Crippen molar-refractivity contribution in [3.05, 3.63) is 35.5 Å². The lowest BCUT2D eigenvalue weighted by Gasteiger charge is -2.42. The topological polar surface area (TPSA) is 78.4 Å². The van der Waals surface area contributed by atoms with Crippen molar-refractivity contribution in [1.82, 2.24) is 9.97 Å². The number of hydrogen-bond acceptors (Lipinski definition) is 6. The second kappa shape index (κ2) is 7.56. The molecule has 1 unspecified atom stereocenters. The molecule has 2 saturated carbocycles. The summed E-state index contributed by atoms with van der Waals surface area (Å²) >= 11 is 0. The van der Waals surface area contributed by atoms with Crippen molar-refractivity contribution < 1.29 is 28.7 Å². The minimum absolute atomic E-state index is 0.0366. The number of aliphatic hydroxyl groups excluding tert-OH is 1. The van der Waals surface area contributed by atoms with Gasteiger partial charge in [-0.05, 0) is 68.6 Å². The largest absolute Gasteiger partial charge is 0.394 e. The first-order valence-electron chi connectivity index (χ1n) is 12.5. The van der Waals surface area contributed by atoms with Crippen LogP contribution >= 0.6 is 10.2 Å². The van der Waals surface area contributed by atoms with Crippen molar-refractivity contribution in [2.24, 2.45) is 0 Å². The molecule has 13 heteroatoms. The summed E-state index contributed by atoms with van der Waals surface area (Å²) in [6, 6.07) is 3.27. The average molecular weight is 565 g/mol. The summed E-state index contributed by atoms with van der Waals surface area (Å²) in [7, 11) is -10.9. The molecule has 1 spiro atoms. The van der Waals surface area contributed by atoms with Crippen LogP contribution in [0.1, 0.15) is 62.1 Å². The highest BCUT2D eigenvalue weighted by Gasteiger charge is 2.65. The molecule has 1 saturated heterocycles. The molecule has 2 aliphatic heterocycles. The molecule has 0 bridgehead atoms. The number of fused-ring (bicyclic) bond motifs is 2. The Morgan fingerprint density at radius 3 is 2.19 bits per heavy atom. The highest BCUT2D eigenvalue weighted by molar-refractivity contribution is 8.45. The molecule has 3 fully saturated rings. The Morgan fingerprint density at radius 2 is 1.68 bits per heavy atom. The summed E-state index contributed by atoms with van der Waals surface area (Å²) in [5, 5.41) is 13.4. The van der Waals surface area contributed by atoms with Gasteiger partial charge in [-0.1, -0.05) is 31.6 Å². The second-order valence-corrected chi connectivity index (χ2v) is 14.8. The van der Waals surface area contributed by atoms with E-state index in [0.717, 1.165) is 49.9 Å². The zero-order valence-electron chi connectivity index (χ0n) is 20.1. The van der Waals surface area contributed by atoms with Crippen LogP contribution in [0.4, 0.5) is 31.2 Å². The van der Waals surface area contributed by atoms with E-state index < -0.39 is 31.5 Å². The minimum Gasteiger partial charge on any atom is -0.394 e. The Balaban J connectivity index is 1.23. The number of aliphatic hydroxyl groups is 1. The normalized spacial score (nSPS) is 26.2. The monoisotopic (exact) mass is 564 g/mol. The lowest BCUT2D eigenvalue weighted by Crippen LogP contribution is -2.49. The molecule has 1 atom stereocenters. The third-order valence-electron chi connectivity index (χ3n) is 8.42. The molecule has 3 heterocycles. The number of nitrogens with one attached hydrogen (secondary N) is 1. The molecule has 37 heavy (non-hydrogen) atoms. The molecular formula is C24H29F5N4O2S2. The second-order valence-electron chi connectivity index (χ2n) is 11.0. The van der Waals surface area contributed by atoms with Crippen molar-refractivity contribution in [3.63, 3.8) is 0 Å². The summed E-state index contributed by atoms with van der Waals surface area (Å²) < 4.78 is 78.4. The zero-order chi connectivity index (χ0) is 26.3. The van der Waals surface area contributed by atoms with Crippen LogP contribution in [-0.4, -0.2) is 50.3 Å². The van der Waals surface area contributed by atoms with Gasteiger partial charge in [0.1, 0.15) is 15.6 Å². The first-order chi connectivity index (χ1) is 17.2. The summed E-state index contributed by atoms with van der Waals surface area (Å²) in [5.74, 6) is 1.53. The molecule has 0 radical (unpaired) electrons. The van der Waals surface area contributed by atoms with E-state index in [9.17, 15) is 28.7 Å².